The summed E-state index contributed by atoms with van der Waals surface area (Å²) in [5, 5.41) is 11.8. The van der Waals surface area contributed by atoms with E-state index in [1.54, 1.807) is 20.8 Å². The summed E-state index contributed by atoms with van der Waals surface area (Å²) >= 11 is 0. The Bertz CT molecular complexity index is 456. The maximum absolute atomic E-state index is 12.7. The van der Waals surface area contributed by atoms with Crippen LogP contribution < -0.4 is 5.32 Å². The van der Waals surface area contributed by atoms with Crippen LogP contribution in [0.5, 0.6) is 0 Å². The van der Waals surface area contributed by atoms with Crippen LogP contribution in [0.4, 0.5) is 4.79 Å². The van der Waals surface area contributed by atoms with Crippen molar-refractivity contribution >= 4 is 18.0 Å². The van der Waals surface area contributed by atoms with Crippen LogP contribution in [0.2, 0.25) is 0 Å². The maximum Gasteiger partial charge on any atom is 0.408 e. The zero-order chi connectivity index (χ0) is 17.8. The van der Waals surface area contributed by atoms with Crippen molar-refractivity contribution in [2.45, 2.75) is 71.6 Å². The Morgan fingerprint density at radius 3 is 2.39 bits per heavy atom. The topological polar surface area (TPSA) is 95.9 Å². The van der Waals surface area contributed by atoms with Crippen LogP contribution in [0.3, 0.4) is 0 Å². The Hall–Kier alpha value is -1.79. The zero-order valence-corrected chi connectivity index (χ0v) is 14.6. The van der Waals surface area contributed by atoms with Crippen molar-refractivity contribution in [3.05, 3.63) is 0 Å². The molecule has 1 aliphatic heterocycles. The van der Waals surface area contributed by atoms with Crippen LogP contribution in [-0.2, 0) is 14.3 Å². The molecule has 0 saturated carbocycles. The zero-order valence-electron chi connectivity index (χ0n) is 14.6. The largest absolute Gasteiger partial charge is 0.480 e. The van der Waals surface area contributed by atoms with Crippen molar-refractivity contribution < 1.29 is 24.2 Å². The minimum absolute atomic E-state index is 0.171. The fraction of sp³-hybridized carbons (Fsp3) is 0.812. The van der Waals surface area contributed by atoms with Crippen molar-refractivity contribution in [1.29, 1.82) is 0 Å². The first-order chi connectivity index (χ1) is 10.5. The summed E-state index contributed by atoms with van der Waals surface area (Å²) < 4.78 is 5.20. The van der Waals surface area contributed by atoms with Crippen molar-refractivity contribution in [3.63, 3.8) is 0 Å². The van der Waals surface area contributed by atoms with E-state index in [1.165, 1.54) is 4.90 Å². The normalized spacial score (nSPS) is 19.6. The number of carboxylic acid groups (broad SMARTS) is 1. The van der Waals surface area contributed by atoms with Crippen LogP contribution in [0.15, 0.2) is 0 Å². The molecule has 1 saturated heterocycles. The van der Waals surface area contributed by atoms with Gasteiger partial charge in [0.15, 0.2) is 0 Å². The highest BCUT2D eigenvalue weighted by Crippen LogP contribution is 2.20. The summed E-state index contributed by atoms with van der Waals surface area (Å²) in [6, 6.07) is -1.58. The van der Waals surface area contributed by atoms with Gasteiger partial charge in [-0.25, -0.2) is 9.59 Å². The van der Waals surface area contributed by atoms with Gasteiger partial charge in [-0.2, -0.15) is 0 Å². The molecule has 0 radical (unpaired) electrons. The Morgan fingerprint density at radius 2 is 1.91 bits per heavy atom. The molecule has 1 rings (SSSR count). The molecule has 0 bridgehead atoms. The van der Waals surface area contributed by atoms with E-state index in [1.807, 2.05) is 13.8 Å². The van der Waals surface area contributed by atoms with Crippen molar-refractivity contribution in [3.8, 4) is 0 Å². The van der Waals surface area contributed by atoms with E-state index in [0.29, 0.717) is 25.8 Å². The molecular formula is C16H28N2O5. The first-order valence-corrected chi connectivity index (χ1v) is 8.04. The minimum atomic E-state index is -1.00. The number of nitrogens with zero attached hydrogens (tertiary/aromatic N) is 1. The molecular weight excluding hydrogens is 300 g/mol. The molecule has 0 aromatic heterocycles. The first kappa shape index (κ1) is 19.3. The number of alkyl carbamates (subject to hydrolysis) is 1. The van der Waals surface area contributed by atoms with Gasteiger partial charge in [-0.05, 0) is 46.0 Å². The average Bonchev–Trinajstić information content (AvgIpc) is 2.83. The van der Waals surface area contributed by atoms with Crippen molar-refractivity contribution in [1.82, 2.24) is 10.2 Å². The summed E-state index contributed by atoms with van der Waals surface area (Å²) in [6.45, 7) is 9.51. The number of amides is 2. The number of carbonyl (C=O) groups is 3. The fourth-order valence-corrected chi connectivity index (χ4v) is 2.63. The fourth-order valence-electron chi connectivity index (χ4n) is 2.63. The number of ether oxygens (including phenoxy) is 1. The summed E-state index contributed by atoms with van der Waals surface area (Å²) in [5.74, 6) is -1.18. The third-order valence-electron chi connectivity index (χ3n) is 3.52. The Balaban J connectivity index is 2.82. The molecule has 1 fully saturated rings. The van der Waals surface area contributed by atoms with Crippen LogP contribution >= 0.6 is 0 Å². The second-order valence-corrected chi connectivity index (χ2v) is 7.36. The molecule has 2 atom stereocenters. The van der Waals surface area contributed by atoms with E-state index in [4.69, 9.17) is 4.74 Å². The number of likely N-dealkylation sites (tertiary alicyclic amines) is 1. The Kier molecular flexibility index (Phi) is 6.41. The summed E-state index contributed by atoms with van der Waals surface area (Å²) in [6.07, 6.45) is 0.870. The molecule has 23 heavy (non-hydrogen) atoms. The van der Waals surface area contributed by atoms with Gasteiger partial charge in [0.25, 0.3) is 0 Å². The van der Waals surface area contributed by atoms with Gasteiger partial charge in [0, 0.05) is 6.54 Å². The van der Waals surface area contributed by atoms with E-state index >= 15 is 0 Å². The number of hydrogen-bond acceptors (Lipinski definition) is 4. The van der Waals surface area contributed by atoms with Gasteiger partial charge in [0.05, 0.1) is 0 Å². The maximum atomic E-state index is 12.7. The number of carbonyl (C=O) groups excluding carboxylic acids is 2. The second kappa shape index (κ2) is 7.66. The second-order valence-electron chi connectivity index (χ2n) is 7.36. The number of hydrogen-bond donors (Lipinski definition) is 2. The third-order valence-corrected chi connectivity index (χ3v) is 3.52. The summed E-state index contributed by atoms with van der Waals surface area (Å²) in [4.78, 5) is 37.3. The standard InChI is InChI=1S/C16H28N2O5/c1-10(2)9-11(17-15(22)23-16(3,4)5)13(19)18-8-6-7-12(18)14(20)21/h10-12H,6-9H2,1-5H3,(H,17,22)(H,20,21)/t11-,12-/m0/s1. The van der Waals surface area contributed by atoms with Gasteiger partial charge in [0.1, 0.15) is 17.7 Å². The van der Waals surface area contributed by atoms with E-state index in [-0.39, 0.29) is 11.8 Å². The van der Waals surface area contributed by atoms with Crippen LogP contribution in [-0.4, -0.2) is 52.2 Å². The monoisotopic (exact) mass is 328 g/mol. The number of nitrogens with one attached hydrogen (secondary N) is 1. The Labute approximate surface area is 137 Å². The molecule has 0 aromatic rings. The Morgan fingerprint density at radius 1 is 1.30 bits per heavy atom. The van der Waals surface area contributed by atoms with E-state index in [9.17, 15) is 19.5 Å². The number of carboxylic acids is 1. The van der Waals surface area contributed by atoms with Gasteiger partial charge >= 0.3 is 12.1 Å². The molecule has 0 unspecified atom stereocenters. The van der Waals surface area contributed by atoms with E-state index in [0.717, 1.165) is 0 Å². The number of rotatable bonds is 5. The predicted octanol–water partition coefficient (Wildman–Crippen LogP) is 2.00. The van der Waals surface area contributed by atoms with Gasteiger partial charge in [-0.3, -0.25) is 4.79 Å². The SMILES string of the molecule is CC(C)C[C@H](NC(=O)OC(C)(C)C)C(=O)N1CCC[C@H]1C(=O)O. The quantitative estimate of drug-likeness (QED) is 0.805. The molecule has 2 amide bonds. The lowest BCUT2D eigenvalue weighted by Gasteiger charge is -2.29. The van der Waals surface area contributed by atoms with Gasteiger partial charge in [-0.15, -0.1) is 0 Å². The number of aliphatic carboxylic acids is 1. The smallest absolute Gasteiger partial charge is 0.408 e. The molecule has 1 heterocycles. The van der Waals surface area contributed by atoms with E-state index < -0.39 is 29.7 Å². The molecule has 0 spiro atoms. The molecule has 0 aromatic carbocycles. The molecule has 0 aliphatic carbocycles. The van der Waals surface area contributed by atoms with Crippen molar-refractivity contribution in [2.75, 3.05) is 6.54 Å². The summed E-state index contributed by atoms with van der Waals surface area (Å²) in [5.41, 5.74) is -0.660. The highest BCUT2D eigenvalue weighted by Gasteiger charge is 2.38. The van der Waals surface area contributed by atoms with Gasteiger partial charge < -0.3 is 20.1 Å². The lowest BCUT2D eigenvalue weighted by atomic mass is 10.0. The lowest BCUT2D eigenvalue weighted by Crippen LogP contribution is -2.52. The minimum Gasteiger partial charge on any atom is -0.480 e. The van der Waals surface area contributed by atoms with Crippen LogP contribution in [0.25, 0.3) is 0 Å². The van der Waals surface area contributed by atoms with Crippen LogP contribution in [0, 0.1) is 5.92 Å². The summed E-state index contributed by atoms with van der Waals surface area (Å²) in [7, 11) is 0. The lowest BCUT2D eigenvalue weighted by molar-refractivity contribution is -0.149. The highest BCUT2D eigenvalue weighted by atomic mass is 16.6. The van der Waals surface area contributed by atoms with Crippen LogP contribution in [0.1, 0.15) is 53.9 Å². The van der Waals surface area contributed by atoms with Gasteiger partial charge in [-0.1, -0.05) is 13.8 Å². The first-order valence-electron chi connectivity index (χ1n) is 8.04. The van der Waals surface area contributed by atoms with E-state index in [2.05, 4.69) is 5.32 Å². The molecule has 7 heteroatoms. The average molecular weight is 328 g/mol. The van der Waals surface area contributed by atoms with Crippen molar-refractivity contribution in [2.24, 2.45) is 5.92 Å². The highest BCUT2D eigenvalue weighted by molar-refractivity contribution is 5.89. The van der Waals surface area contributed by atoms with Gasteiger partial charge in [0.2, 0.25) is 5.91 Å². The molecule has 1 aliphatic rings. The molecule has 7 nitrogen and oxygen atoms in total. The predicted molar refractivity (Wildman–Crippen MR) is 85.0 cm³/mol. The molecule has 132 valence electrons. The third kappa shape index (κ3) is 6.08. The molecule has 2 N–H and O–H groups in total.